The fourth-order valence-corrected chi connectivity index (χ4v) is 2.97. The lowest BCUT2D eigenvalue weighted by molar-refractivity contribution is 0.102. The van der Waals surface area contributed by atoms with Gasteiger partial charge in [0.2, 0.25) is 5.75 Å². The van der Waals surface area contributed by atoms with Gasteiger partial charge in [-0.05, 0) is 24.3 Å². The maximum atomic E-state index is 12.6. The highest BCUT2D eigenvalue weighted by atomic mass is 32.2. The molecule has 1 heterocycles. The molecule has 1 N–H and O–H groups in total. The van der Waals surface area contributed by atoms with Crippen molar-refractivity contribution in [1.82, 2.24) is 0 Å². The Labute approximate surface area is 163 Å². The Morgan fingerprint density at radius 3 is 2.71 bits per heavy atom. The molecule has 0 aromatic heterocycles. The zero-order chi connectivity index (χ0) is 20.1. The summed E-state index contributed by atoms with van der Waals surface area (Å²) < 4.78 is 44.2. The largest absolute Gasteiger partial charge is 0.493 e. The molecule has 2 aromatic carbocycles. The van der Waals surface area contributed by atoms with Crippen LogP contribution in [-0.4, -0.2) is 53.3 Å². The first-order chi connectivity index (χ1) is 13.4. The van der Waals surface area contributed by atoms with Crippen LogP contribution in [0.1, 0.15) is 10.4 Å². The SMILES string of the molecule is COc1cc(C(=O)Nc2cccc(OCCS(C)(=O)=O)c2)cc2c1OCCO2. The van der Waals surface area contributed by atoms with Gasteiger partial charge in [-0.1, -0.05) is 6.07 Å². The molecule has 0 aliphatic carbocycles. The molecule has 3 rings (SSSR count). The molecule has 0 spiro atoms. The first-order valence-electron chi connectivity index (χ1n) is 8.55. The number of ether oxygens (including phenoxy) is 4. The van der Waals surface area contributed by atoms with Crippen molar-refractivity contribution in [2.24, 2.45) is 0 Å². The Balaban J connectivity index is 1.72. The highest BCUT2D eigenvalue weighted by Gasteiger charge is 2.21. The van der Waals surface area contributed by atoms with E-state index in [0.717, 1.165) is 6.26 Å². The summed E-state index contributed by atoms with van der Waals surface area (Å²) in [6.45, 7) is 0.852. The Morgan fingerprint density at radius 2 is 1.96 bits per heavy atom. The van der Waals surface area contributed by atoms with Crippen LogP contribution in [0.3, 0.4) is 0 Å². The van der Waals surface area contributed by atoms with E-state index in [2.05, 4.69) is 5.32 Å². The summed E-state index contributed by atoms with van der Waals surface area (Å²) in [4.78, 5) is 12.6. The third-order valence-corrected chi connectivity index (χ3v) is 4.81. The highest BCUT2D eigenvalue weighted by molar-refractivity contribution is 7.90. The number of sulfone groups is 1. The van der Waals surface area contributed by atoms with Crippen LogP contribution in [0.25, 0.3) is 0 Å². The van der Waals surface area contributed by atoms with Crippen LogP contribution in [0, 0.1) is 0 Å². The van der Waals surface area contributed by atoms with Crippen molar-refractivity contribution < 1.29 is 32.2 Å². The van der Waals surface area contributed by atoms with E-state index >= 15 is 0 Å². The van der Waals surface area contributed by atoms with Crippen molar-refractivity contribution in [3.63, 3.8) is 0 Å². The molecule has 150 valence electrons. The Kier molecular flexibility index (Phi) is 5.93. The van der Waals surface area contributed by atoms with Crippen molar-refractivity contribution in [2.75, 3.05) is 44.3 Å². The molecule has 0 radical (unpaired) electrons. The number of fused-ring (bicyclic) bond motifs is 1. The van der Waals surface area contributed by atoms with E-state index in [0.29, 0.717) is 47.5 Å². The molecule has 1 aliphatic rings. The smallest absolute Gasteiger partial charge is 0.255 e. The molecule has 0 atom stereocenters. The maximum Gasteiger partial charge on any atom is 0.255 e. The molecule has 0 fully saturated rings. The van der Waals surface area contributed by atoms with E-state index in [4.69, 9.17) is 18.9 Å². The second-order valence-electron chi connectivity index (χ2n) is 6.16. The minimum Gasteiger partial charge on any atom is -0.493 e. The molecule has 0 saturated carbocycles. The first kappa shape index (κ1) is 19.8. The minimum atomic E-state index is -3.10. The third-order valence-electron chi connectivity index (χ3n) is 3.90. The monoisotopic (exact) mass is 407 g/mol. The molecule has 0 unspecified atom stereocenters. The summed E-state index contributed by atoms with van der Waals surface area (Å²) in [6, 6.07) is 9.89. The normalized spacial score (nSPS) is 12.9. The number of carbonyl (C=O) groups excluding carboxylic acids is 1. The average Bonchev–Trinajstić information content (AvgIpc) is 2.66. The van der Waals surface area contributed by atoms with Crippen molar-refractivity contribution in [3.05, 3.63) is 42.0 Å². The fourth-order valence-electron chi connectivity index (χ4n) is 2.58. The first-order valence-corrected chi connectivity index (χ1v) is 10.6. The number of hydrogen-bond donors (Lipinski definition) is 1. The predicted molar refractivity (Wildman–Crippen MR) is 104 cm³/mol. The number of amides is 1. The Bertz CT molecular complexity index is 955. The zero-order valence-electron chi connectivity index (χ0n) is 15.6. The lowest BCUT2D eigenvalue weighted by Crippen LogP contribution is -2.18. The lowest BCUT2D eigenvalue weighted by Gasteiger charge is -2.21. The van der Waals surface area contributed by atoms with Gasteiger partial charge in [0, 0.05) is 23.6 Å². The second-order valence-corrected chi connectivity index (χ2v) is 8.42. The summed E-state index contributed by atoms with van der Waals surface area (Å²) >= 11 is 0. The topological polar surface area (TPSA) is 100 Å². The number of methoxy groups -OCH3 is 1. The number of nitrogens with one attached hydrogen (secondary N) is 1. The molecule has 0 bridgehead atoms. The standard InChI is InChI=1S/C19H21NO7S/c1-24-16-10-13(11-17-18(16)27-7-6-26-17)19(21)20-14-4-3-5-15(12-14)25-8-9-28(2,22)23/h3-5,10-12H,6-9H2,1-2H3,(H,20,21). The molecular weight excluding hydrogens is 386 g/mol. The Hall–Kier alpha value is -2.94. The van der Waals surface area contributed by atoms with Gasteiger partial charge in [0.1, 0.15) is 25.6 Å². The number of benzene rings is 2. The number of anilines is 1. The van der Waals surface area contributed by atoms with Gasteiger partial charge in [-0.25, -0.2) is 8.42 Å². The molecule has 8 nitrogen and oxygen atoms in total. The van der Waals surface area contributed by atoms with Crippen LogP contribution in [-0.2, 0) is 9.84 Å². The average molecular weight is 407 g/mol. The quantitative estimate of drug-likeness (QED) is 0.750. The van der Waals surface area contributed by atoms with Gasteiger partial charge < -0.3 is 24.3 Å². The summed E-state index contributed by atoms with van der Waals surface area (Å²) in [5.41, 5.74) is 0.861. The van der Waals surface area contributed by atoms with Crippen LogP contribution in [0.15, 0.2) is 36.4 Å². The summed E-state index contributed by atoms with van der Waals surface area (Å²) in [5.74, 6) is 1.37. The lowest BCUT2D eigenvalue weighted by atomic mass is 10.1. The minimum absolute atomic E-state index is 0.0373. The van der Waals surface area contributed by atoms with Crippen LogP contribution >= 0.6 is 0 Å². The second kappa shape index (κ2) is 8.39. The van der Waals surface area contributed by atoms with Gasteiger partial charge >= 0.3 is 0 Å². The van der Waals surface area contributed by atoms with E-state index in [1.54, 1.807) is 36.4 Å². The zero-order valence-corrected chi connectivity index (χ0v) is 16.4. The summed E-state index contributed by atoms with van der Waals surface area (Å²) in [6.07, 6.45) is 1.15. The van der Waals surface area contributed by atoms with Gasteiger partial charge in [0.25, 0.3) is 5.91 Å². The molecule has 28 heavy (non-hydrogen) atoms. The Morgan fingerprint density at radius 1 is 1.18 bits per heavy atom. The van der Waals surface area contributed by atoms with Crippen LogP contribution in [0.5, 0.6) is 23.0 Å². The van der Waals surface area contributed by atoms with Gasteiger partial charge in [0.15, 0.2) is 21.3 Å². The maximum absolute atomic E-state index is 12.6. The van der Waals surface area contributed by atoms with Gasteiger partial charge in [-0.3, -0.25) is 4.79 Å². The van der Waals surface area contributed by atoms with Crippen LogP contribution in [0.4, 0.5) is 5.69 Å². The van der Waals surface area contributed by atoms with Crippen molar-refractivity contribution in [2.45, 2.75) is 0 Å². The van der Waals surface area contributed by atoms with E-state index in [-0.39, 0.29) is 18.3 Å². The fraction of sp³-hybridized carbons (Fsp3) is 0.316. The van der Waals surface area contributed by atoms with E-state index in [1.165, 1.54) is 7.11 Å². The van der Waals surface area contributed by atoms with Gasteiger partial charge in [-0.2, -0.15) is 0 Å². The highest BCUT2D eigenvalue weighted by Crippen LogP contribution is 2.40. The van der Waals surface area contributed by atoms with Gasteiger partial charge in [-0.15, -0.1) is 0 Å². The van der Waals surface area contributed by atoms with Crippen molar-refractivity contribution in [3.8, 4) is 23.0 Å². The number of hydrogen-bond acceptors (Lipinski definition) is 7. The van der Waals surface area contributed by atoms with E-state index < -0.39 is 9.84 Å². The van der Waals surface area contributed by atoms with E-state index in [1.807, 2.05) is 0 Å². The third kappa shape index (κ3) is 5.07. The predicted octanol–water partition coefficient (Wildman–Crippen LogP) is 2.14. The summed E-state index contributed by atoms with van der Waals surface area (Å²) in [7, 11) is -1.61. The van der Waals surface area contributed by atoms with Crippen molar-refractivity contribution >= 4 is 21.4 Å². The number of rotatable bonds is 7. The molecule has 2 aromatic rings. The van der Waals surface area contributed by atoms with E-state index in [9.17, 15) is 13.2 Å². The summed E-state index contributed by atoms with van der Waals surface area (Å²) in [5, 5.41) is 2.77. The molecular formula is C19H21NO7S. The molecule has 9 heteroatoms. The van der Waals surface area contributed by atoms with Crippen LogP contribution < -0.4 is 24.3 Å². The molecule has 0 saturated heterocycles. The van der Waals surface area contributed by atoms with Gasteiger partial charge in [0.05, 0.1) is 12.9 Å². The molecule has 1 aliphatic heterocycles. The van der Waals surface area contributed by atoms with Crippen LogP contribution in [0.2, 0.25) is 0 Å². The number of carbonyl (C=O) groups is 1. The van der Waals surface area contributed by atoms with Crippen molar-refractivity contribution in [1.29, 1.82) is 0 Å². The molecule has 1 amide bonds.